The van der Waals surface area contributed by atoms with Gasteiger partial charge in [-0.05, 0) is 12.8 Å². The molecule has 33 heavy (non-hydrogen) atoms. The molecule has 0 bridgehead atoms. The van der Waals surface area contributed by atoms with Gasteiger partial charge in [-0.2, -0.15) is 79.0 Å². The van der Waals surface area contributed by atoms with Crippen LogP contribution in [-0.2, 0) is 9.84 Å². The molecule has 21 heteroatoms. The van der Waals surface area contributed by atoms with Crippen molar-refractivity contribution in [2.45, 2.75) is 60.7 Å². The highest BCUT2D eigenvalue weighted by Gasteiger charge is 2.95. The van der Waals surface area contributed by atoms with E-state index in [-0.39, 0.29) is 0 Å². The van der Waals surface area contributed by atoms with Gasteiger partial charge in [0.15, 0.2) is 0 Å². The molecular weight excluding hydrogens is 550 g/mol. The smallest absolute Gasteiger partial charge is 0.229 e. The predicted molar refractivity (Wildman–Crippen MR) is 69.7 cm³/mol. The lowest BCUT2D eigenvalue weighted by Gasteiger charge is -2.41. The van der Waals surface area contributed by atoms with E-state index in [2.05, 4.69) is 0 Å². The first-order valence-electron chi connectivity index (χ1n) is 7.56. The van der Waals surface area contributed by atoms with Gasteiger partial charge in [0.1, 0.15) is 9.84 Å². The molecule has 0 amide bonds. The van der Waals surface area contributed by atoms with E-state index in [9.17, 15) is 87.4 Å². The highest BCUT2D eigenvalue weighted by molar-refractivity contribution is 7.91. The molecule has 0 unspecified atom stereocenters. The fourth-order valence-electron chi connectivity index (χ4n) is 1.89. The standard InChI is InChI=1S/C8F18.C4H8O2S/c9-1(10,3(13,14)5(17,18)7(21,22)23)2(11,12)4(15,16)6(19,20)8(24,25)26;5-7(6)3-1-2-4-7/h;1-4H2. The van der Waals surface area contributed by atoms with Crippen LogP contribution in [0.5, 0.6) is 0 Å². The minimum atomic E-state index is -8.72. The maximum absolute atomic E-state index is 12.8. The lowest BCUT2D eigenvalue weighted by Crippen LogP contribution is -2.74. The fraction of sp³-hybridized carbons (Fsp3) is 1.00. The van der Waals surface area contributed by atoms with Crippen molar-refractivity contribution in [1.82, 2.24) is 0 Å². The summed E-state index contributed by atoms with van der Waals surface area (Å²) in [7, 11) is -2.55. The van der Waals surface area contributed by atoms with Crippen molar-refractivity contribution >= 4 is 9.84 Å². The molecule has 200 valence electrons. The summed E-state index contributed by atoms with van der Waals surface area (Å²) in [6.45, 7) is 0. The molecule has 0 radical (unpaired) electrons. The van der Waals surface area contributed by atoms with E-state index in [0.717, 1.165) is 12.8 Å². The summed E-state index contributed by atoms with van der Waals surface area (Å²) in [5, 5.41) is 0. The summed E-state index contributed by atoms with van der Waals surface area (Å²) in [6, 6.07) is 0. The number of hydrogen-bond donors (Lipinski definition) is 0. The summed E-state index contributed by atoms with van der Waals surface area (Å²) in [5.41, 5.74) is 0. The molecule has 1 aliphatic rings. The van der Waals surface area contributed by atoms with Gasteiger partial charge in [-0.1, -0.05) is 0 Å². The summed E-state index contributed by atoms with van der Waals surface area (Å²) < 4.78 is 242. The van der Waals surface area contributed by atoms with Gasteiger partial charge in [-0.25, -0.2) is 8.42 Å². The van der Waals surface area contributed by atoms with Crippen molar-refractivity contribution in [3.63, 3.8) is 0 Å². The number of sulfone groups is 1. The van der Waals surface area contributed by atoms with Crippen LogP contribution < -0.4 is 0 Å². The van der Waals surface area contributed by atoms with Gasteiger partial charge in [-0.15, -0.1) is 0 Å². The second kappa shape index (κ2) is 8.42. The number of rotatable bonds is 5. The molecule has 0 spiro atoms. The van der Waals surface area contributed by atoms with Crippen molar-refractivity contribution in [2.24, 2.45) is 0 Å². The zero-order valence-corrected chi connectivity index (χ0v) is 15.7. The minimum absolute atomic E-state index is 0.424. The van der Waals surface area contributed by atoms with Crippen LogP contribution in [0.4, 0.5) is 79.0 Å². The number of alkyl halides is 18. The van der Waals surface area contributed by atoms with Crippen molar-refractivity contribution in [2.75, 3.05) is 11.5 Å². The van der Waals surface area contributed by atoms with Crippen molar-refractivity contribution in [3.05, 3.63) is 0 Å². The van der Waals surface area contributed by atoms with Crippen LogP contribution in [0.1, 0.15) is 12.8 Å². The molecule has 0 aromatic carbocycles. The van der Waals surface area contributed by atoms with Gasteiger partial charge in [0.25, 0.3) is 0 Å². The largest absolute Gasteiger partial charge is 0.460 e. The number of halogens is 18. The topological polar surface area (TPSA) is 34.1 Å². The Bertz CT molecular complexity index is 730. The molecule has 0 aromatic rings. The first kappa shape index (κ1) is 31.7. The molecule has 1 heterocycles. The number of hydrogen-bond acceptors (Lipinski definition) is 2. The Morgan fingerprint density at radius 3 is 0.667 bits per heavy atom. The second-order valence-corrected chi connectivity index (χ2v) is 8.60. The zero-order valence-electron chi connectivity index (χ0n) is 14.9. The fourth-order valence-corrected chi connectivity index (χ4v) is 3.38. The Hall–Kier alpha value is -1.31. The van der Waals surface area contributed by atoms with Crippen LogP contribution >= 0.6 is 0 Å². The average Bonchev–Trinajstić information content (AvgIpc) is 2.96. The van der Waals surface area contributed by atoms with E-state index in [4.69, 9.17) is 0 Å². The van der Waals surface area contributed by atoms with Crippen LogP contribution in [0.25, 0.3) is 0 Å². The second-order valence-electron chi connectivity index (χ2n) is 6.30. The highest BCUT2D eigenvalue weighted by Crippen LogP contribution is 2.63. The summed E-state index contributed by atoms with van der Waals surface area (Å²) in [4.78, 5) is 0. The van der Waals surface area contributed by atoms with Gasteiger partial charge in [-0.3, -0.25) is 0 Å². The van der Waals surface area contributed by atoms with E-state index in [1.54, 1.807) is 0 Å². The molecule has 0 N–H and O–H groups in total. The molecule has 1 saturated heterocycles. The van der Waals surface area contributed by atoms with Crippen LogP contribution in [0, 0.1) is 0 Å². The van der Waals surface area contributed by atoms with Gasteiger partial charge < -0.3 is 0 Å². The summed E-state index contributed by atoms with van der Waals surface area (Å²) in [5.74, 6) is -50.2. The monoisotopic (exact) mass is 558 g/mol. The van der Waals surface area contributed by atoms with E-state index < -0.39 is 57.7 Å². The van der Waals surface area contributed by atoms with Crippen LogP contribution in [0.3, 0.4) is 0 Å². The minimum Gasteiger partial charge on any atom is -0.229 e. The van der Waals surface area contributed by atoms with Crippen molar-refractivity contribution < 1.29 is 87.4 Å². The van der Waals surface area contributed by atoms with Gasteiger partial charge in [0, 0.05) is 0 Å². The van der Waals surface area contributed by atoms with E-state index in [1.807, 2.05) is 0 Å². The molecule has 1 aliphatic heterocycles. The molecule has 2 nitrogen and oxygen atoms in total. The quantitative estimate of drug-likeness (QED) is 0.382. The Balaban J connectivity index is 0.00000123. The zero-order chi connectivity index (χ0) is 27.3. The first-order valence-corrected chi connectivity index (χ1v) is 9.38. The summed E-state index contributed by atoms with van der Waals surface area (Å²) in [6.07, 6.45) is -13.9. The van der Waals surface area contributed by atoms with Crippen molar-refractivity contribution in [1.29, 1.82) is 0 Å². The van der Waals surface area contributed by atoms with Gasteiger partial charge in [0.05, 0.1) is 11.5 Å². The Morgan fingerprint density at radius 1 is 0.364 bits per heavy atom. The predicted octanol–water partition coefficient (Wildman–Crippen LogP) is 6.12. The Morgan fingerprint density at radius 2 is 0.545 bits per heavy atom. The van der Waals surface area contributed by atoms with Gasteiger partial charge in [0.2, 0.25) is 0 Å². The Kier molecular flexibility index (Phi) is 8.08. The first-order chi connectivity index (χ1) is 14.0. The maximum Gasteiger partial charge on any atom is 0.460 e. The summed E-state index contributed by atoms with van der Waals surface area (Å²) >= 11 is 0. The van der Waals surface area contributed by atoms with Crippen LogP contribution in [-0.4, -0.2) is 67.8 Å². The third-order valence-electron chi connectivity index (χ3n) is 3.84. The third-order valence-corrected chi connectivity index (χ3v) is 5.67. The van der Waals surface area contributed by atoms with Crippen LogP contribution in [0.15, 0.2) is 0 Å². The normalized spacial score (nSPS) is 19.2. The molecule has 0 aromatic heterocycles. The van der Waals surface area contributed by atoms with E-state index in [1.165, 1.54) is 0 Å². The average molecular weight is 558 g/mol. The van der Waals surface area contributed by atoms with Gasteiger partial charge >= 0.3 is 47.9 Å². The third kappa shape index (κ3) is 5.06. The molecular formula is C12H8F18O2S. The lowest BCUT2D eigenvalue weighted by molar-refractivity contribution is -0.468. The molecule has 0 saturated carbocycles. The molecule has 0 aliphatic carbocycles. The van der Waals surface area contributed by atoms with E-state index in [0.29, 0.717) is 11.5 Å². The maximum atomic E-state index is 12.8. The Labute approximate surface area is 170 Å². The lowest BCUT2D eigenvalue weighted by atomic mass is 9.91. The van der Waals surface area contributed by atoms with E-state index >= 15 is 0 Å². The SMILES string of the molecule is FC(F)(F)C(F)(F)C(F)(F)C(F)(F)C(F)(F)C(F)(F)C(F)(F)C(F)(F)F.O=S1(=O)CCCC1. The molecule has 1 rings (SSSR count). The molecule has 0 atom stereocenters. The highest BCUT2D eigenvalue weighted by atomic mass is 32.2. The molecule has 1 fully saturated rings. The van der Waals surface area contributed by atoms with Crippen LogP contribution in [0.2, 0.25) is 0 Å². The van der Waals surface area contributed by atoms with Crippen molar-refractivity contribution in [3.8, 4) is 0 Å².